The van der Waals surface area contributed by atoms with E-state index in [9.17, 15) is 4.53 Å². The van der Waals surface area contributed by atoms with Gasteiger partial charge < -0.3 is 0 Å². The van der Waals surface area contributed by atoms with Crippen molar-refractivity contribution >= 4 is 11.9 Å². The lowest BCUT2D eigenvalue weighted by Gasteiger charge is -2.18. The van der Waals surface area contributed by atoms with E-state index in [0.29, 0.717) is 11.8 Å². The Bertz CT molecular complexity index is 663. The van der Waals surface area contributed by atoms with Gasteiger partial charge in [-0.1, -0.05) is 52.0 Å². The van der Waals surface area contributed by atoms with E-state index in [1.165, 1.54) is 5.56 Å². The van der Waals surface area contributed by atoms with Gasteiger partial charge in [0.15, 0.2) is 0 Å². The molecule has 0 heterocycles. The van der Waals surface area contributed by atoms with Crippen molar-refractivity contribution in [1.29, 1.82) is 0 Å². The fourth-order valence-corrected chi connectivity index (χ4v) is 2.69. The summed E-state index contributed by atoms with van der Waals surface area (Å²) in [7, 11) is 0. The van der Waals surface area contributed by atoms with Crippen LogP contribution in [0.4, 0.5) is 10.2 Å². The zero-order valence-corrected chi connectivity index (χ0v) is 14.2. The highest BCUT2D eigenvalue weighted by Crippen LogP contribution is 2.28. The van der Waals surface area contributed by atoms with Crippen LogP contribution < -0.4 is 0 Å². The minimum atomic E-state index is -0.0297. The molecule has 0 aromatic heterocycles. The number of para-hydroxylation sites is 1. The molecule has 0 atom stereocenters. The number of halogens is 1. The van der Waals surface area contributed by atoms with Gasteiger partial charge in [-0.05, 0) is 56.8 Å². The fourth-order valence-electron chi connectivity index (χ4n) is 2.69. The quantitative estimate of drug-likeness (QED) is 0.592. The number of benzene rings is 2. The maximum absolute atomic E-state index is 12.4. The van der Waals surface area contributed by atoms with E-state index in [0.717, 1.165) is 22.4 Å². The third-order valence-corrected chi connectivity index (χ3v) is 3.91. The predicted molar refractivity (Wildman–Crippen MR) is 94.2 cm³/mol. The lowest BCUT2D eigenvalue weighted by Crippen LogP contribution is -2.04. The normalized spacial score (nSPS) is 11.8. The number of rotatable bonds is 6. The van der Waals surface area contributed by atoms with Crippen LogP contribution in [0, 0.1) is 0 Å². The molecule has 0 N–H and O–H groups in total. The summed E-state index contributed by atoms with van der Waals surface area (Å²) in [6.45, 7) is 8.51. The van der Waals surface area contributed by atoms with Gasteiger partial charge in [-0.15, -0.1) is 0 Å². The number of nitrogens with zero attached hydrogens (tertiary/aromatic N) is 1. The first-order valence-corrected chi connectivity index (χ1v) is 8.02. The topological polar surface area (TPSA) is 21.6 Å². The molecule has 0 aliphatic rings. The molecule has 0 aliphatic carbocycles. The van der Waals surface area contributed by atoms with Crippen molar-refractivity contribution in [3.63, 3.8) is 0 Å². The highest BCUT2D eigenvalue weighted by molar-refractivity contribution is 5.84. The fraction of sp³-hybridized carbons (Fsp3) is 0.350. The average molecular weight is 313 g/mol. The van der Waals surface area contributed by atoms with Gasteiger partial charge in [0.25, 0.3) is 0 Å². The summed E-state index contributed by atoms with van der Waals surface area (Å²) in [6.07, 6.45) is 1.86. The first-order valence-electron chi connectivity index (χ1n) is 8.02. The lowest BCUT2D eigenvalue weighted by atomic mass is 9.88. The molecule has 0 unspecified atom stereocenters. The van der Waals surface area contributed by atoms with E-state index in [1.54, 1.807) is 0 Å². The van der Waals surface area contributed by atoms with E-state index in [1.807, 2.05) is 42.6 Å². The number of hydrogen-bond acceptors (Lipinski definition) is 2. The Morgan fingerprint density at radius 1 is 1.00 bits per heavy atom. The van der Waals surface area contributed by atoms with Crippen LogP contribution in [0.15, 0.2) is 47.5 Å². The molecule has 0 saturated carbocycles. The van der Waals surface area contributed by atoms with Crippen LogP contribution in [0.1, 0.15) is 61.8 Å². The molecular weight excluding hydrogens is 289 g/mol. The molecule has 0 spiro atoms. The molecule has 2 nitrogen and oxygen atoms in total. The second-order valence-corrected chi connectivity index (χ2v) is 6.34. The second kappa shape index (κ2) is 8.02. The first kappa shape index (κ1) is 17.4. The van der Waals surface area contributed by atoms with Crippen LogP contribution >= 0.6 is 0 Å². The van der Waals surface area contributed by atoms with Gasteiger partial charge in [0.2, 0.25) is 0 Å². The van der Waals surface area contributed by atoms with Crippen molar-refractivity contribution in [2.75, 3.05) is 0 Å². The molecule has 0 radical (unpaired) electrons. The smallest absolute Gasteiger partial charge is 0.113 e. The zero-order valence-electron chi connectivity index (χ0n) is 14.2. The Hall–Kier alpha value is -2.00. The van der Waals surface area contributed by atoms with Gasteiger partial charge in [0, 0.05) is 6.21 Å². The summed E-state index contributed by atoms with van der Waals surface area (Å²) in [5.74, 6) is 0.683. The van der Waals surface area contributed by atoms with Crippen LogP contribution in [-0.2, 0) is 11.5 Å². The lowest BCUT2D eigenvalue weighted by molar-refractivity contribution is -0.144. The summed E-state index contributed by atoms with van der Waals surface area (Å²) in [6, 6.07) is 14.0. The van der Waals surface area contributed by atoms with Gasteiger partial charge in [0.05, 0.1) is 5.69 Å². The molecule has 0 aliphatic heterocycles. The van der Waals surface area contributed by atoms with E-state index in [2.05, 4.69) is 43.7 Å². The van der Waals surface area contributed by atoms with Crippen molar-refractivity contribution in [2.45, 2.75) is 46.1 Å². The maximum atomic E-state index is 12.4. The van der Waals surface area contributed by atoms with Crippen molar-refractivity contribution in [3.8, 4) is 0 Å². The van der Waals surface area contributed by atoms with Gasteiger partial charge in [-0.25, -0.2) is 0 Å². The molecule has 3 heteroatoms. The first-order chi connectivity index (χ1) is 11.0. The predicted octanol–water partition coefficient (Wildman–Crippen LogP) is 6.09. The largest absolute Gasteiger partial charge is 0.256 e. The molecular formula is C20H24FNO. The summed E-state index contributed by atoms with van der Waals surface area (Å²) in [4.78, 5) is 8.43. The van der Waals surface area contributed by atoms with E-state index in [4.69, 9.17) is 0 Å². The maximum Gasteiger partial charge on any atom is 0.113 e. The molecule has 2 aromatic rings. The second-order valence-electron chi connectivity index (χ2n) is 6.34. The summed E-state index contributed by atoms with van der Waals surface area (Å²) >= 11 is 0. The van der Waals surface area contributed by atoms with Gasteiger partial charge in [-0.2, -0.15) is 4.94 Å². The molecule has 2 aromatic carbocycles. The molecule has 0 amide bonds. The molecule has 0 saturated heterocycles. The highest BCUT2D eigenvalue weighted by atomic mass is 19.3. The molecule has 23 heavy (non-hydrogen) atoms. The molecule has 0 bridgehead atoms. The van der Waals surface area contributed by atoms with E-state index in [-0.39, 0.29) is 6.61 Å². The van der Waals surface area contributed by atoms with Gasteiger partial charge in [0.1, 0.15) is 6.61 Å². The molecule has 122 valence electrons. The van der Waals surface area contributed by atoms with Crippen LogP contribution in [0.5, 0.6) is 0 Å². The SMILES string of the molecule is CC(C)c1cc(C(C)C)c(COF)cc1C=Nc1ccccc1. The van der Waals surface area contributed by atoms with Crippen LogP contribution in [0.3, 0.4) is 0 Å². The third-order valence-electron chi connectivity index (χ3n) is 3.91. The molecule has 2 rings (SSSR count). The van der Waals surface area contributed by atoms with Crippen molar-refractivity contribution in [3.05, 3.63) is 64.7 Å². The van der Waals surface area contributed by atoms with Crippen LogP contribution in [0.2, 0.25) is 0 Å². The summed E-state index contributed by atoms with van der Waals surface area (Å²) < 4.78 is 12.4. The van der Waals surface area contributed by atoms with Crippen molar-refractivity contribution in [2.24, 2.45) is 4.99 Å². The Labute approximate surface area is 137 Å². The zero-order chi connectivity index (χ0) is 16.8. The number of aliphatic imine (C=N–C) groups is 1. The standard InChI is InChI=1S/C20H24FNO/c1-14(2)19-11-20(15(3)4)17(13-23-21)10-16(19)12-22-18-8-6-5-7-9-18/h5-12,14-15H,13H2,1-4H3. The average Bonchev–Trinajstić information content (AvgIpc) is 2.53. The van der Waals surface area contributed by atoms with Gasteiger partial charge >= 0.3 is 0 Å². The minimum Gasteiger partial charge on any atom is -0.256 e. The third kappa shape index (κ3) is 4.49. The van der Waals surface area contributed by atoms with E-state index < -0.39 is 0 Å². The monoisotopic (exact) mass is 313 g/mol. The van der Waals surface area contributed by atoms with E-state index >= 15 is 0 Å². The Balaban J connectivity index is 2.48. The minimum absolute atomic E-state index is 0.0297. The Kier molecular flexibility index (Phi) is 6.05. The van der Waals surface area contributed by atoms with Crippen LogP contribution in [-0.4, -0.2) is 6.21 Å². The van der Waals surface area contributed by atoms with Crippen LogP contribution in [0.25, 0.3) is 0 Å². The summed E-state index contributed by atoms with van der Waals surface area (Å²) in [5.41, 5.74) is 5.14. The molecule has 0 fully saturated rings. The highest BCUT2D eigenvalue weighted by Gasteiger charge is 2.14. The summed E-state index contributed by atoms with van der Waals surface area (Å²) in [5, 5.41) is 0. The van der Waals surface area contributed by atoms with Gasteiger partial charge in [-0.3, -0.25) is 4.99 Å². The van der Waals surface area contributed by atoms with Crippen molar-refractivity contribution < 1.29 is 9.47 Å². The number of hydrogen-bond donors (Lipinski definition) is 0. The Morgan fingerprint density at radius 2 is 1.65 bits per heavy atom. The Morgan fingerprint density at radius 3 is 2.22 bits per heavy atom. The van der Waals surface area contributed by atoms with Crippen molar-refractivity contribution in [1.82, 2.24) is 0 Å².